The monoisotopic (exact) mass is 393 g/mol. The standard InChI is InChI=1S/C15H24FN3.HI/c1-5-11(2)19-14(17)18-10-15(3,4)12-6-8-13(16)9-7-12;/h6-9,11H,5,10H2,1-4H3,(H3,17,18,19);1H. The predicted molar refractivity (Wildman–Crippen MR) is 94.2 cm³/mol. The minimum absolute atomic E-state index is 0. The molecule has 0 saturated heterocycles. The molecule has 0 radical (unpaired) electrons. The zero-order valence-electron chi connectivity index (χ0n) is 12.6. The normalized spacial score (nSPS) is 13.6. The lowest BCUT2D eigenvalue weighted by atomic mass is 9.85. The minimum atomic E-state index is -0.221. The van der Waals surface area contributed by atoms with Gasteiger partial charge in [0.05, 0.1) is 6.54 Å². The Balaban J connectivity index is 0.00000361. The van der Waals surface area contributed by atoms with E-state index in [1.807, 2.05) is 0 Å². The Bertz CT molecular complexity index is 429. The van der Waals surface area contributed by atoms with Crippen LogP contribution >= 0.6 is 24.0 Å². The van der Waals surface area contributed by atoms with E-state index in [2.05, 4.69) is 38.0 Å². The summed E-state index contributed by atoms with van der Waals surface area (Å²) in [5, 5.41) is 3.13. The van der Waals surface area contributed by atoms with E-state index >= 15 is 0 Å². The zero-order valence-corrected chi connectivity index (χ0v) is 14.9. The van der Waals surface area contributed by atoms with Crippen molar-refractivity contribution in [1.82, 2.24) is 5.32 Å². The molecule has 1 aromatic carbocycles. The molecule has 20 heavy (non-hydrogen) atoms. The summed E-state index contributed by atoms with van der Waals surface area (Å²) in [5.74, 6) is 0.241. The number of guanidine groups is 1. The van der Waals surface area contributed by atoms with Crippen molar-refractivity contribution in [3.05, 3.63) is 35.6 Å². The molecule has 1 atom stereocenters. The minimum Gasteiger partial charge on any atom is -0.370 e. The summed E-state index contributed by atoms with van der Waals surface area (Å²) < 4.78 is 12.9. The fourth-order valence-electron chi connectivity index (χ4n) is 1.68. The van der Waals surface area contributed by atoms with Gasteiger partial charge in [0, 0.05) is 11.5 Å². The lowest BCUT2D eigenvalue weighted by Crippen LogP contribution is -2.39. The molecule has 0 aromatic heterocycles. The Kier molecular flexibility index (Phi) is 8.08. The van der Waals surface area contributed by atoms with Gasteiger partial charge in [-0.25, -0.2) is 4.39 Å². The third-order valence-electron chi connectivity index (χ3n) is 3.28. The summed E-state index contributed by atoms with van der Waals surface area (Å²) >= 11 is 0. The van der Waals surface area contributed by atoms with Crippen LogP contribution in [0, 0.1) is 5.82 Å². The number of nitrogens with two attached hydrogens (primary N) is 1. The van der Waals surface area contributed by atoms with Gasteiger partial charge in [-0.2, -0.15) is 0 Å². The first-order valence-electron chi connectivity index (χ1n) is 6.67. The highest BCUT2D eigenvalue weighted by Crippen LogP contribution is 2.23. The van der Waals surface area contributed by atoms with Crippen molar-refractivity contribution in [2.24, 2.45) is 10.7 Å². The van der Waals surface area contributed by atoms with E-state index in [4.69, 9.17) is 5.73 Å². The van der Waals surface area contributed by atoms with Crippen LogP contribution in [-0.2, 0) is 5.41 Å². The molecule has 1 unspecified atom stereocenters. The molecule has 3 nitrogen and oxygen atoms in total. The molecule has 3 N–H and O–H groups in total. The van der Waals surface area contributed by atoms with Crippen LogP contribution in [0.25, 0.3) is 0 Å². The van der Waals surface area contributed by atoms with Crippen LogP contribution in [0.3, 0.4) is 0 Å². The molecule has 1 rings (SSSR count). The van der Waals surface area contributed by atoms with Crippen molar-refractivity contribution in [2.75, 3.05) is 6.54 Å². The lowest BCUT2D eigenvalue weighted by Gasteiger charge is -2.23. The smallest absolute Gasteiger partial charge is 0.188 e. The van der Waals surface area contributed by atoms with Crippen molar-refractivity contribution in [3.8, 4) is 0 Å². The van der Waals surface area contributed by atoms with E-state index < -0.39 is 0 Å². The largest absolute Gasteiger partial charge is 0.370 e. The molecule has 0 aliphatic heterocycles. The SMILES string of the molecule is CCC(C)NC(N)=NCC(C)(C)c1ccc(F)cc1.I. The van der Waals surface area contributed by atoms with E-state index in [1.165, 1.54) is 12.1 Å². The van der Waals surface area contributed by atoms with Crippen LogP contribution in [0.4, 0.5) is 4.39 Å². The molecular weight excluding hydrogens is 368 g/mol. The summed E-state index contributed by atoms with van der Waals surface area (Å²) in [5.41, 5.74) is 6.72. The Hall–Kier alpha value is -0.850. The topological polar surface area (TPSA) is 50.4 Å². The third kappa shape index (κ3) is 6.07. The van der Waals surface area contributed by atoms with Crippen molar-refractivity contribution in [1.29, 1.82) is 0 Å². The van der Waals surface area contributed by atoms with Crippen LogP contribution in [0.2, 0.25) is 0 Å². The van der Waals surface area contributed by atoms with Gasteiger partial charge in [0.2, 0.25) is 0 Å². The van der Waals surface area contributed by atoms with Gasteiger partial charge in [-0.3, -0.25) is 4.99 Å². The van der Waals surface area contributed by atoms with E-state index in [9.17, 15) is 4.39 Å². The Morgan fingerprint density at radius 3 is 2.40 bits per heavy atom. The predicted octanol–water partition coefficient (Wildman–Crippen LogP) is 3.42. The van der Waals surface area contributed by atoms with Gasteiger partial charge in [0.15, 0.2) is 5.96 Å². The fourth-order valence-corrected chi connectivity index (χ4v) is 1.68. The van der Waals surface area contributed by atoms with Crippen molar-refractivity contribution in [3.63, 3.8) is 0 Å². The van der Waals surface area contributed by atoms with Crippen LogP contribution in [0.15, 0.2) is 29.3 Å². The first-order chi connectivity index (χ1) is 8.85. The highest BCUT2D eigenvalue weighted by molar-refractivity contribution is 14.0. The second-order valence-electron chi connectivity index (χ2n) is 5.55. The molecular formula is C15H25FIN3. The van der Waals surface area contributed by atoms with Crippen molar-refractivity contribution in [2.45, 2.75) is 45.6 Å². The van der Waals surface area contributed by atoms with E-state index in [0.717, 1.165) is 12.0 Å². The molecule has 0 aliphatic rings. The molecule has 1 aromatic rings. The maximum absolute atomic E-state index is 12.9. The van der Waals surface area contributed by atoms with E-state index in [-0.39, 0.29) is 35.2 Å². The average Bonchev–Trinajstić information content (AvgIpc) is 2.37. The molecule has 0 bridgehead atoms. The highest BCUT2D eigenvalue weighted by Gasteiger charge is 2.20. The van der Waals surface area contributed by atoms with Crippen LogP contribution in [0.5, 0.6) is 0 Å². The molecule has 114 valence electrons. The third-order valence-corrected chi connectivity index (χ3v) is 3.28. The van der Waals surface area contributed by atoms with Crippen LogP contribution in [0.1, 0.15) is 39.7 Å². The van der Waals surface area contributed by atoms with E-state index in [1.54, 1.807) is 12.1 Å². The molecule has 0 amide bonds. The van der Waals surface area contributed by atoms with Crippen molar-refractivity contribution < 1.29 is 4.39 Å². The summed E-state index contributed by atoms with van der Waals surface area (Å²) in [6.45, 7) is 8.86. The lowest BCUT2D eigenvalue weighted by molar-refractivity contribution is 0.533. The quantitative estimate of drug-likeness (QED) is 0.458. The summed E-state index contributed by atoms with van der Waals surface area (Å²) in [4.78, 5) is 4.37. The van der Waals surface area contributed by atoms with Gasteiger partial charge >= 0.3 is 0 Å². The Morgan fingerprint density at radius 1 is 1.35 bits per heavy atom. The number of halogens is 2. The van der Waals surface area contributed by atoms with Gasteiger partial charge < -0.3 is 11.1 Å². The first-order valence-corrected chi connectivity index (χ1v) is 6.67. The van der Waals surface area contributed by atoms with Gasteiger partial charge in [-0.1, -0.05) is 32.9 Å². The van der Waals surface area contributed by atoms with Crippen molar-refractivity contribution >= 4 is 29.9 Å². The van der Waals surface area contributed by atoms with Gasteiger partial charge in [-0.15, -0.1) is 24.0 Å². The van der Waals surface area contributed by atoms with Gasteiger partial charge in [0.1, 0.15) is 5.82 Å². The maximum atomic E-state index is 12.9. The number of hydrogen-bond acceptors (Lipinski definition) is 1. The molecule has 0 fully saturated rings. The molecule has 0 spiro atoms. The average molecular weight is 393 g/mol. The van der Waals surface area contributed by atoms with Crippen LogP contribution < -0.4 is 11.1 Å². The summed E-state index contributed by atoms with van der Waals surface area (Å²) in [7, 11) is 0. The number of hydrogen-bond donors (Lipinski definition) is 2. The maximum Gasteiger partial charge on any atom is 0.188 e. The second kappa shape index (κ2) is 8.44. The van der Waals surface area contributed by atoms with E-state index in [0.29, 0.717) is 18.5 Å². The van der Waals surface area contributed by atoms with Crippen LogP contribution in [-0.4, -0.2) is 18.5 Å². The van der Waals surface area contributed by atoms with Gasteiger partial charge in [-0.05, 0) is 31.0 Å². The number of nitrogens with zero attached hydrogens (tertiary/aromatic N) is 1. The molecule has 0 aliphatic carbocycles. The Morgan fingerprint density at radius 2 is 1.90 bits per heavy atom. The number of nitrogens with one attached hydrogen (secondary N) is 1. The number of aliphatic imine (C=N–C) groups is 1. The first kappa shape index (κ1) is 19.1. The molecule has 0 saturated carbocycles. The highest BCUT2D eigenvalue weighted by atomic mass is 127. The zero-order chi connectivity index (χ0) is 14.5. The molecule has 0 heterocycles. The number of benzene rings is 1. The fraction of sp³-hybridized carbons (Fsp3) is 0.533. The van der Waals surface area contributed by atoms with Gasteiger partial charge in [0.25, 0.3) is 0 Å². The summed E-state index contributed by atoms with van der Waals surface area (Å²) in [6.07, 6.45) is 0.998. The molecule has 5 heteroatoms. The summed E-state index contributed by atoms with van der Waals surface area (Å²) in [6, 6.07) is 6.85. The Labute approximate surface area is 138 Å². The number of rotatable bonds is 5. The second-order valence-corrected chi connectivity index (χ2v) is 5.55.